The zero-order valence-electron chi connectivity index (χ0n) is 7.81. The fraction of sp³-hybridized carbons (Fsp3) is 0. The van der Waals surface area contributed by atoms with Gasteiger partial charge in [0.1, 0.15) is 18.1 Å². The summed E-state index contributed by atoms with van der Waals surface area (Å²) >= 11 is 0. The lowest BCUT2D eigenvalue weighted by molar-refractivity contribution is -0.389. The van der Waals surface area contributed by atoms with Crippen LogP contribution in [0.3, 0.4) is 0 Å². The van der Waals surface area contributed by atoms with E-state index < -0.39 is 4.92 Å². The van der Waals surface area contributed by atoms with Crippen LogP contribution in [-0.2, 0) is 0 Å². The van der Waals surface area contributed by atoms with E-state index in [2.05, 4.69) is 15.1 Å². The van der Waals surface area contributed by atoms with Gasteiger partial charge in [0.25, 0.3) is 5.82 Å². The monoisotopic (exact) mass is 216 g/mol. The molecule has 78 valence electrons. The highest BCUT2D eigenvalue weighted by molar-refractivity contribution is 5.32. The summed E-state index contributed by atoms with van der Waals surface area (Å²) in [5, 5.41) is 22.7. The summed E-state index contributed by atoms with van der Waals surface area (Å²) in [6.07, 6.45) is 2.62. The van der Waals surface area contributed by atoms with Gasteiger partial charge in [0.2, 0.25) is 0 Å². The van der Waals surface area contributed by atoms with Crippen LogP contribution in [0.15, 0.2) is 24.7 Å². The zero-order chi connectivity index (χ0) is 11.5. The Bertz CT molecular complexity index is 567. The molecule has 0 aliphatic carbocycles. The van der Waals surface area contributed by atoms with Gasteiger partial charge in [0.05, 0.1) is 0 Å². The van der Waals surface area contributed by atoms with E-state index in [9.17, 15) is 10.1 Å². The first-order valence-electron chi connectivity index (χ1n) is 4.13. The average molecular weight is 216 g/mol. The minimum absolute atomic E-state index is 0.0263. The number of aromatic nitrogens is 4. The van der Waals surface area contributed by atoms with Gasteiger partial charge in [-0.3, -0.25) is 0 Å². The van der Waals surface area contributed by atoms with Gasteiger partial charge in [-0.1, -0.05) is 0 Å². The van der Waals surface area contributed by atoms with Crippen molar-refractivity contribution in [2.45, 2.75) is 0 Å². The van der Waals surface area contributed by atoms with Crippen molar-refractivity contribution < 1.29 is 4.92 Å². The second kappa shape index (κ2) is 3.74. The molecule has 0 unspecified atom stereocenters. The lowest BCUT2D eigenvalue weighted by Crippen LogP contribution is -1.98. The largest absolute Gasteiger partial charge is 0.363 e. The van der Waals surface area contributed by atoms with E-state index in [-0.39, 0.29) is 11.6 Å². The van der Waals surface area contributed by atoms with E-state index in [0.29, 0.717) is 5.69 Å². The molecule has 2 aromatic heterocycles. The molecule has 0 saturated heterocycles. The van der Waals surface area contributed by atoms with Crippen molar-refractivity contribution in [2.24, 2.45) is 0 Å². The van der Waals surface area contributed by atoms with Crippen LogP contribution in [0, 0.1) is 21.4 Å². The normalized spacial score (nSPS) is 9.69. The number of pyridine rings is 1. The summed E-state index contributed by atoms with van der Waals surface area (Å²) in [7, 11) is 0. The summed E-state index contributed by atoms with van der Waals surface area (Å²) in [6.45, 7) is 0. The number of nitriles is 1. The van der Waals surface area contributed by atoms with E-state index in [1.807, 2.05) is 0 Å². The van der Waals surface area contributed by atoms with Crippen molar-refractivity contribution in [2.75, 3.05) is 0 Å². The quantitative estimate of drug-likeness (QED) is 0.532. The van der Waals surface area contributed by atoms with E-state index in [1.165, 1.54) is 29.3 Å². The summed E-state index contributed by atoms with van der Waals surface area (Å²) in [5.41, 5.74) is 0.500. The minimum atomic E-state index is -0.591. The summed E-state index contributed by atoms with van der Waals surface area (Å²) in [5.74, 6) is -0.220. The molecule has 0 spiro atoms. The molecule has 0 radical (unpaired) electrons. The molecule has 0 aliphatic heterocycles. The molecule has 0 amide bonds. The van der Waals surface area contributed by atoms with E-state index >= 15 is 0 Å². The van der Waals surface area contributed by atoms with Crippen LogP contribution in [0.1, 0.15) is 5.82 Å². The predicted molar refractivity (Wildman–Crippen MR) is 50.5 cm³/mol. The molecule has 8 nitrogen and oxygen atoms in total. The summed E-state index contributed by atoms with van der Waals surface area (Å²) < 4.78 is 1.31. The first kappa shape index (κ1) is 9.72. The summed E-state index contributed by atoms with van der Waals surface area (Å²) in [6, 6.07) is 4.50. The number of nitro groups is 1. The van der Waals surface area contributed by atoms with Crippen molar-refractivity contribution in [3.63, 3.8) is 0 Å². The van der Waals surface area contributed by atoms with Crippen LogP contribution in [-0.4, -0.2) is 24.7 Å². The molecule has 8 heteroatoms. The highest BCUT2D eigenvalue weighted by Gasteiger charge is 2.08. The highest BCUT2D eigenvalue weighted by atomic mass is 16.6. The van der Waals surface area contributed by atoms with Crippen LogP contribution in [0.25, 0.3) is 5.69 Å². The maximum atomic E-state index is 10.4. The van der Waals surface area contributed by atoms with Gasteiger partial charge in [-0.2, -0.15) is 5.26 Å². The Morgan fingerprint density at radius 3 is 2.75 bits per heavy atom. The van der Waals surface area contributed by atoms with E-state index in [1.54, 1.807) is 6.07 Å². The number of rotatable bonds is 2. The van der Waals surface area contributed by atoms with Crippen molar-refractivity contribution in [1.82, 2.24) is 19.7 Å². The molecule has 0 aliphatic rings. The van der Waals surface area contributed by atoms with Gasteiger partial charge in [0.15, 0.2) is 6.20 Å². The molecule has 0 bridgehead atoms. The molecule has 0 aromatic carbocycles. The fourth-order valence-electron chi connectivity index (χ4n) is 1.06. The van der Waals surface area contributed by atoms with Gasteiger partial charge in [-0.25, -0.2) is 9.67 Å². The predicted octanol–water partition coefficient (Wildman–Crippen LogP) is 0.442. The molecule has 0 fully saturated rings. The zero-order valence-corrected chi connectivity index (χ0v) is 7.81. The standard InChI is InChI=1S/C8H4N6O2/c9-3-7-11-5-13(12-7)6-1-2-8(10-4-6)14(15)16/h1-2,4-5H. The van der Waals surface area contributed by atoms with Gasteiger partial charge in [-0.05, 0) is 16.0 Å². The molecule has 2 rings (SSSR count). The Kier molecular flexibility index (Phi) is 2.27. The second-order valence-electron chi connectivity index (χ2n) is 2.76. The van der Waals surface area contributed by atoms with Crippen LogP contribution >= 0.6 is 0 Å². The first-order chi connectivity index (χ1) is 7.70. The maximum absolute atomic E-state index is 10.4. The number of hydrogen-bond donors (Lipinski definition) is 0. The Hall–Kier alpha value is -2.82. The van der Waals surface area contributed by atoms with Gasteiger partial charge in [-0.15, -0.1) is 5.10 Å². The number of nitrogens with zero attached hydrogens (tertiary/aromatic N) is 6. The van der Waals surface area contributed by atoms with Crippen LogP contribution in [0.4, 0.5) is 5.82 Å². The van der Waals surface area contributed by atoms with Gasteiger partial charge >= 0.3 is 5.82 Å². The van der Waals surface area contributed by atoms with Crippen molar-refractivity contribution in [3.8, 4) is 11.8 Å². The molecule has 0 atom stereocenters. The van der Waals surface area contributed by atoms with E-state index in [4.69, 9.17) is 5.26 Å². The lowest BCUT2D eigenvalue weighted by Gasteiger charge is -1.96. The van der Waals surface area contributed by atoms with Crippen molar-refractivity contribution >= 4 is 5.82 Å². The van der Waals surface area contributed by atoms with Crippen molar-refractivity contribution in [3.05, 3.63) is 40.6 Å². The second-order valence-corrected chi connectivity index (χ2v) is 2.76. The SMILES string of the molecule is N#Cc1ncn(-c2ccc([N+](=O)[O-])nc2)n1. The average Bonchev–Trinajstić information content (AvgIpc) is 2.77. The minimum Gasteiger partial charge on any atom is -0.358 e. The molecule has 2 aromatic rings. The van der Waals surface area contributed by atoms with Crippen LogP contribution in [0.2, 0.25) is 0 Å². The molecular weight excluding hydrogens is 212 g/mol. The molecule has 16 heavy (non-hydrogen) atoms. The van der Waals surface area contributed by atoms with Gasteiger partial charge in [0, 0.05) is 6.07 Å². The van der Waals surface area contributed by atoms with E-state index in [0.717, 1.165) is 0 Å². The third-order valence-corrected chi connectivity index (χ3v) is 1.78. The first-order valence-corrected chi connectivity index (χ1v) is 4.13. The Balaban J connectivity index is 2.35. The molecule has 0 N–H and O–H groups in total. The topological polar surface area (TPSA) is 111 Å². The maximum Gasteiger partial charge on any atom is 0.363 e. The molecule has 2 heterocycles. The van der Waals surface area contributed by atoms with Crippen LogP contribution in [0.5, 0.6) is 0 Å². The number of hydrogen-bond acceptors (Lipinski definition) is 6. The van der Waals surface area contributed by atoms with Crippen LogP contribution < -0.4 is 0 Å². The smallest absolute Gasteiger partial charge is 0.358 e. The fourth-order valence-corrected chi connectivity index (χ4v) is 1.06. The Labute approximate surface area is 88.9 Å². The molecular formula is C8H4N6O2. The Morgan fingerprint density at radius 1 is 1.44 bits per heavy atom. The Morgan fingerprint density at radius 2 is 2.25 bits per heavy atom. The third kappa shape index (κ3) is 1.69. The van der Waals surface area contributed by atoms with Gasteiger partial charge < -0.3 is 10.1 Å². The van der Waals surface area contributed by atoms with Crippen molar-refractivity contribution in [1.29, 1.82) is 5.26 Å². The summed E-state index contributed by atoms with van der Waals surface area (Å²) in [4.78, 5) is 17.1. The third-order valence-electron chi connectivity index (χ3n) is 1.78. The highest BCUT2D eigenvalue weighted by Crippen LogP contribution is 2.10. The molecule has 0 saturated carbocycles. The lowest BCUT2D eigenvalue weighted by atomic mass is 10.4.